The molecule has 1 N–H and O–H groups in total. The highest BCUT2D eigenvalue weighted by atomic mass is 16.3. The lowest BCUT2D eigenvalue weighted by atomic mass is 9.94. The predicted octanol–water partition coefficient (Wildman–Crippen LogP) is 2.08. The normalized spacial score (nSPS) is 22.4. The van der Waals surface area contributed by atoms with Crippen molar-refractivity contribution < 1.29 is 5.11 Å². The molecule has 2 rings (SSSR count). The van der Waals surface area contributed by atoms with Crippen molar-refractivity contribution in [3.05, 3.63) is 23.3 Å². The quantitative estimate of drug-likeness (QED) is 0.903. The Morgan fingerprint density at radius 2 is 2.26 bits per heavy atom. The third-order valence-corrected chi connectivity index (χ3v) is 4.01. The molecule has 19 heavy (non-hydrogen) atoms. The van der Waals surface area contributed by atoms with Crippen molar-refractivity contribution in [2.75, 3.05) is 26.7 Å². The maximum atomic E-state index is 9.43. The molecule has 2 atom stereocenters. The van der Waals surface area contributed by atoms with E-state index in [0.717, 1.165) is 30.2 Å². The third kappa shape index (κ3) is 3.51. The van der Waals surface area contributed by atoms with Gasteiger partial charge in [0, 0.05) is 29.8 Å². The Labute approximate surface area is 115 Å². The number of rotatable bonds is 4. The predicted molar refractivity (Wildman–Crippen MR) is 76.4 cm³/mol. The Kier molecular flexibility index (Phi) is 4.88. The van der Waals surface area contributed by atoms with Crippen LogP contribution >= 0.6 is 0 Å². The molecule has 0 aromatic carbocycles. The number of likely N-dealkylation sites (tertiary alicyclic amines) is 1. The Bertz CT molecular complexity index is 418. The highest BCUT2D eigenvalue weighted by molar-refractivity contribution is 5.17. The lowest BCUT2D eigenvalue weighted by Gasteiger charge is -2.29. The van der Waals surface area contributed by atoms with Gasteiger partial charge in [-0.15, -0.1) is 0 Å². The van der Waals surface area contributed by atoms with Gasteiger partial charge in [0.15, 0.2) is 0 Å². The van der Waals surface area contributed by atoms with Crippen molar-refractivity contribution in [2.45, 2.75) is 44.9 Å². The van der Waals surface area contributed by atoms with E-state index in [4.69, 9.17) is 4.98 Å². The third-order valence-electron chi connectivity index (χ3n) is 4.01. The summed E-state index contributed by atoms with van der Waals surface area (Å²) in [4.78, 5) is 11.6. The highest BCUT2D eigenvalue weighted by Gasteiger charge is 2.22. The molecule has 0 amide bonds. The summed E-state index contributed by atoms with van der Waals surface area (Å²) < 4.78 is 0. The van der Waals surface area contributed by atoms with Gasteiger partial charge < -0.3 is 10.0 Å². The van der Waals surface area contributed by atoms with Crippen LogP contribution in [0.4, 0.5) is 0 Å². The molecule has 0 bridgehead atoms. The Hall–Kier alpha value is -1.00. The van der Waals surface area contributed by atoms with Gasteiger partial charge in [-0.1, -0.05) is 6.92 Å². The first-order valence-electron chi connectivity index (χ1n) is 7.29. The smallest absolute Gasteiger partial charge is 0.134 e. The Morgan fingerprint density at radius 1 is 1.47 bits per heavy atom. The summed E-state index contributed by atoms with van der Waals surface area (Å²) in [6.45, 7) is 6.48. The van der Waals surface area contributed by atoms with Crippen LogP contribution in [0.5, 0.6) is 0 Å². The van der Waals surface area contributed by atoms with Gasteiger partial charge in [-0.3, -0.25) is 0 Å². The van der Waals surface area contributed by atoms with Crippen LogP contribution in [-0.4, -0.2) is 46.7 Å². The van der Waals surface area contributed by atoms with Gasteiger partial charge in [0.05, 0.1) is 6.61 Å². The molecule has 2 heterocycles. The van der Waals surface area contributed by atoms with Crippen molar-refractivity contribution in [2.24, 2.45) is 0 Å². The molecule has 1 aromatic rings. The standard InChI is InChI=1S/C15H25N3O/c1-4-12(10-19)15-16-11(2)8-14(17-15)13-6-5-7-18(3)9-13/h8,12-13,19H,4-7,9-10H2,1-3H3. The first-order valence-corrected chi connectivity index (χ1v) is 7.29. The average Bonchev–Trinajstić information content (AvgIpc) is 2.39. The van der Waals surface area contributed by atoms with Crippen LogP contribution in [0.1, 0.15) is 55.2 Å². The summed E-state index contributed by atoms with van der Waals surface area (Å²) in [5.41, 5.74) is 2.17. The van der Waals surface area contributed by atoms with Crippen molar-refractivity contribution in [1.82, 2.24) is 14.9 Å². The number of hydrogen-bond donors (Lipinski definition) is 1. The molecular weight excluding hydrogens is 238 g/mol. The minimum Gasteiger partial charge on any atom is -0.396 e. The molecule has 0 aliphatic carbocycles. The van der Waals surface area contributed by atoms with E-state index in [1.807, 2.05) is 6.92 Å². The summed E-state index contributed by atoms with van der Waals surface area (Å²) in [5.74, 6) is 1.39. The van der Waals surface area contributed by atoms with Crippen LogP contribution in [0.3, 0.4) is 0 Å². The molecule has 2 unspecified atom stereocenters. The van der Waals surface area contributed by atoms with E-state index in [9.17, 15) is 5.11 Å². The van der Waals surface area contributed by atoms with Crippen LogP contribution in [0.15, 0.2) is 6.07 Å². The van der Waals surface area contributed by atoms with E-state index in [2.05, 4.69) is 29.9 Å². The number of aliphatic hydroxyl groups is 1. The molecule has 1 aliphatic heterocycles. The molecule has 0 radical (unpaired) electrons. The average molecular weight is 263 g/mol. The number of hydrogen-bond acceptors (Lipinski definition) is 4. The summed E-state index contributed by atoms with van der Waals surface area (Å²) >= 11 is 0. The fourth-order valence-corrected chi connectivity index (χ4v) is 2.81. The topological polar surface area (TPSA) is 49.3 Å². The minimum atomic E-state index is 0.0694. The van der Waals surface area contributed by atoms with Crippen LogP contribution in [0, 0.1) is 6.92 Å². The van der Waals surface area contributed by atoms with Gasteiger partial charge >= 0.3 is 0 Å². The fourth-order valence-electron chi connectivity index (χ4n) is 2.81. The summed E-state index contributed by atoms with van der Waals surface area (Å²) in [6, 6.07) is 2.11. The molecule has 4 nitrogen and oxygen atoms in total. The lowest BCUT2D eigenvalue weighted by molar-refractivity contribution is 0.245. The van der Waals surface area contributed by atoms with E-state index in [-0.39, 0.29) is 12.5 Å². The SMILES string of the molecule is CCC(CO)c1nc(C)cc(C2CCCN(C)C2)n1. The number of aryl methyl sites for hydroxylation is 1. The van der Waals surface area contributed by atoms with Crippen LogP contribution in [-0.2, 0) is 0 Å². The van der Waals surface area contributed by atoms with Gasteiger partial charge in [0.2, 0.25) is 0 Å². The van der Waals surface area contributed by atoms with Gasteiger partial charge in [0.1, 0.15) is 5.82 Å². The van der Waals surface area contributed by atoms with E-state index in [1.54, 1.807) is 0 Å². The first-order chi connectivity index (χ1) is 9.13. The maximum absolute atomic E-state index is 9.43. The van der Waals surface area contributed by atoms with Crippen molar-refractivity contribution in [1.29, 1.82) is 0 Å². The Balaban J connectivity index is 2.25. The first kappa shape index (κ1) is 14.4. The van der Waals surface area contributed by atoms with E-state index in [1.165, 1.54) is 19.4 Å². The van der Waals surface area contributed by atoms with Gasteiger partial charge in [-0.25, -0.2) is 9.97 Å². The molecule has 1 aliphatic rings. The van der Waals surface area contributed by atoms with Gasteiger partial charge in [-0.2, -0.15) is 0 Å². The van der Waals surface area contributed by atoms with E-state index in [0.29, 0.717) is 5.92 Å². The molecule has 1 saturated heterocycles. The second-order valence-electron chi connectivity index (χ2n) is 5.68. The summed E-state index contributed by atoms with van der Waals surface area (Å²) in [7, 11) is 2.17. The zero-order valence-electron chi connectivity index (χ0n) is 12.3. The molecular formula is C15H25N3O. The fraction of sp³-hybridized carbons (Fsp3) is 0.733. The number of nitrogens with zero attached hydrogens (tertiary/aromatic N) is 3. The van der Waals surface area contributed by atoms with Gasteiger partial charge in [-0.05, 0) is 45.8 Å². The zero-order chi connectivity index (χ0) is 13.8. The largest absolute Gasteiger partial charge is 0.396 e. The summed E-state index contributed by atoms with van der Waals surface area (Å²) in [6.07, 6.45) is 3.32. The maximum Gasteiger partial charge on any atom is 0.134 e. The number of piperidine rings is 1. The Morgan fingerprint density at radius 3 is 2.89 bits per heavy atom. The molecule has 4 heteroatoms. The second kappa shape index (κ2) is 6.44. The minimum absolute atomic E-state index is 0.0694. The molecule has 0 saturated carbocycles. The van der Waals surface area contributed by atoms with Crippen molar-refractivity contribution >= 4 is 0 Å². The summed E-state index contributed by atoms with van der Waals surface area (Å²) in [5, 5.41) is 9.43. The van der Waals surface area contributed by atoms with Crippen LogP contribution in [0.25, 0.3) is 0 Å². The highest BCUT2D eigenvalue weighted by Crippen LogP contribution is 2.26. The molecule has 1 aromatic heterocycles. The van der Waals surface area contributed by atoms with Crippen LogP contribution in [0.2, 0.25) is 0 Å². The number of aliphatic hydroxyl groups excluding tert-OH is 1. The van der Waals surface area contributed by atoms with E-state index < -0.39 is 0 Å². The monoisotopic (exact) mass is 263 g/mol. The van der Waals surface area contributed by atoms with Crippen LogP contribution < -0.4 is 0 Å². The van der Waals surface area contributed by atoms with Crippen molar-refractivity contribution in [3.8, 4) is 0 Å². The zero-order valence-corrected chi connectivity index (χ0v) is 12.3. The van der Waals surface area contributed by atoms with Gasteiger partial charge in [0.25, 0.3) is 0 Å². The number of likely N-dealkylation sites (N-methyl/N-ethyl adjacent to an activating group) is 1. The van der Waals surface area contributed by atoms with Crippen molar-refractivity contribution in [3.63, 3.8) is 0 Å². The second-order valence-corrected chi connectivity index (χ2v) is 5.68. The number of aromatic nitrogens is 2. The van der Waals surface area contributed by atoms with E-state index >= 15 is 0 Å². The molecule has 1 fully saturated rings. The molecule has 0 spiro atoms. The molecule has 106 valence electrons. The lowest BCUT2D eigenvalue weighted by Crippen LogP contribution is -2.31.